The second-order valence-electron chi connectivity index (χ2n) is 6.11. The number of aromatic amines is 1. The standard InChI is InChI=1S/C19H14Cl2N4O2/c1-9(26)10-6-13(20)17(14(21)7-10)25-18-11-2-5-23-19(27)16(11)12-8-22-4-3-15(12)24-18/h2-9,26H,1H3,(H,23,27)(H,24,25)/t9-/m1/s1. The van der Waals surface area contributed by atoms with E-state index in [4.69, 9.17) is 23.2 Å². The number of fused-ring (bicyclic) bond motifs is 3. The van der Waals surface area contributed by atoms with Gasteiger partial charge in [0.2, 0.25) is 0 Å². The Bertz CT molecular complexity index is 1210. The normalized spacial score (nSPS) is 12.4. The second-order valence-corrected chi connectivity index (χ2v) is 6.92. The zero-order chi connectivity index (χ0) is 19.1. The summed E-state index contributed by atoms with van der Waals surface area (Å²) in [7, 11) is 0. The quantitative estimate of drug-likeness (QED) is 0.438. The van der Waals surface area contributed by atoms with Gasteiger partial charge in [0.25, 0.3) is 5.56 Å². The lowest BCUT2D eigenvalue weighted by molar-refractivity contribution is 0.199. The van der Waals surface area contributed by atoms with Gasteiger partial charge in [-0.2, -0.15) is 0 Å². The first kappa shape index (κ1) is 17.7. The molecule has 8 heteroatoms. The maximum absolute atomic E-state index is 12.4. The fourth-order valence-electron chi connectivity index (χ4n) is 2.97. The molecule has 4 aromatic rings. The molecule has 0 saturated carbocycles. The molecule has 0 bridgehead atoms. The van der Waals surface area contributed by atoms with Crippen LogP contribution in [-0.4, -0.2) is 20.1 Å². The summed E-state index contributed by atoms with van der Waals surface area (Å²) in [6.45, 7) is 1.63. The fraction of sp³-hybridized carbons (Fsp3) is 0.105. The summed E-state index contributed by atoms with van der Waals surface area (Å²) in [5.74, 6) is 0.448. The summed E-state index contributed by atoms with van der Waals surface area (Å²) >= 11 is 12.7. The van der Waals surface area contributed by atoms with Crippen LogP contribution in [0.5, 0.6) is 0 Å². The number of rotatable bonds is 3. The number of anilines is 2. The van der Waals surface area contributed by atoms with Gasteiger partial charge in [-0.3, -0.25) is 9.78 Å². The van der Waals surface area contributed by atoms with Crippen molar-refractivity contribution in [3.63, 3.8) is 0 Å². The van der Waals surface area contributed by atoms with E-state index >= 15 is 0 Å². The van der Waals surface area contributed by atoms with E-state index in [1.165, 1.54) is 0 Å². The number of H-pyrrole nitrogens is 1. The van der Waals surface area contributed by atoms with Gasteiger partial charge in [0.15, 0.2) is 0 Å². The van der Waals surface area contributed by atoms with Crippen molar-refractivity contribution in [1.29, 1.82) is 0 Å². The molecule has 3 N–H and O–H groups in total. The van der Waals surface area contributed by atoms with Crippen molar-refractivity contribution in [1.82, 2.24) is 15.0 Å². The highest BCUT2D eigenvalue weighted by Gasteiger charge is 2.16. The van der Waals surface area contributed by atoms with E-state index < -0.39 is 6.10 Å². The number of aromatic nitrogens is 3. The lowest BCUT2D eigenvalue weighted by Crippen LogP contribution is -2.08. The zero-order valence-corrected chi connectivity index (χ0v) is 15.6. The van der Waals surface area contributed by atoms with Crippen LogP contribution >= 0.6 is 23.2 Å². The molecule has 4 rings (SSSR count). The predicted octanol–water partition coefficient (Wildman–Crippen LogP) is 4.58. The third-order valence-corrected chi connectivity index (χ3v) is 4.90. The van der Waals surface area contributed by atoms with Gasteiger partial charge in [0.1, 0.15) is 5.82 Å². The largest absolute Gasteiger partial charge is 0.389 e. The summed E-state index contributed by atoms with van der Waals surface area (Å²) in [6, 6.07) is 6.76. The van der Waals surface area contributed by atoms with Crippen LogP contribution in [0.1, 0.15) is 18.6 Å². The van der Waals surface area contributed by atoms with Crippen molar-refractivity contribution in [3.05, 3.63) is 68.8 Å². The summed E-state index contributed by atoms with van der Waals surface area (Å²) in [5.41, 5.74) is 1.43. The molecule has 0 fully saturated rings. The van der Waals surface area contributed by atoms with Crippen molar-refractivity contribution in [2.45, 2.75) is 13.0 Å². The highest BCUT2D eigenvalue weighted by Crippen LogP contribution is 2.37. The molecule has 0 aliphatic heterocycles. The average molecular weight is 401 g/mol. The van der Waals surface area contributed by atoms with Gasteiger partial charge in [-0.15, -0.1) is 0 Å². The van der Waals surface area contributed by atoms with Crippen LogP contribution in [0.25, 0.3) is 21.7 Å². The van der Waals surface area contributed by atoms with Gasteiger partial charge in [-0.05, 0) is 36.8 Å². The van der Waals surface area contributed by atoms with Crippen LogP contribution < -0.4 is 10.9 Å². The maximum atomic E-state index is 12.4. The van der Waals surface area contributed by atoms with E-state index in [-0.39, 0.29) is 5.56 Å². The van der Waals surface area contributed by atoms with Gasteiger partial charge < -0.3 is 15.4 Å². The van der Waals surface area contributed by atoms with E-state index in [2.05, 4.69) is 20.3 Å². The lowest BCUT2D eigenvalue weighted by atomic mass is 10.1. The van der Waals surface area contributed by atoms with Gasteiger partial charge in [-0.1, -0.05) is 23.2 Å². The van der Waals surface area contributed by atoms with Crippen molar-refractivity contribution in [2.24, 2.45) is 0 Å². The Morgan fingerprint density at radius 1 is 1.19 bits per heavy atom. The van der Waals surface area contributed by atoms with Crippen LogP contribution in [0.4, 0.5) is 11.5 Å². The van der Waals surface area contributed by atoms with E-state index in [0.29, 0.717) is 48.8 Å². The Labute approximate surface area is 163 Å². The minimum Gasteiger partial charge on any atom is -0.389 e. The first-order valence-corrected chi connectivity index (χ1v) is 8.90. The summed E-state index contributed by atoms with van der Waals surface area (Å²) in [4.78, 5) is 23.8. The number of benzene rings is 1. The molecule has 0 saturated heterocycles. The molecule has 1 aromatic carbocycles. The first-order valence-electron chi connectivity index (χ1n) is 8.15. The van der Waals surface area contributed by atoms with Crippen molar-refractivity contribution in [3.8, 4) is 0 Å². The number of hydrogen-bond acceptors (Lipinski definition) is 5. The van der Waals surface area contributed by atoms with E-state index in [9.17, 15) is 9.90 Å². The van der Waals surface area contributed by atoms with Crippen LogP contribution in [0.15, 0.2) is 47.7 Å². The Balaban J connectivity index is 1.95. The molecular weight excluding hydrogens is 387 g/mol. The Hall–Kier alpha value is -2.67. The molecular formula is C19H14Cl2N4O2. The maximum Gasteiger partial charge on any atom is 0.256 e. The third-order valence-electron chi connectivity index (χ3n) is 4.31. The van der Waals surface area contributed by atoms with Gasteiger partial charge >= 0.3 is 0 Å². The number of pyridine rings is 3. The minimum atomic E-state index is -0.695. The summed E-state index contributed by atoms with van der Waals surface area (Å²) < 4.78 is 0. The van der Waals surface area contributed by atoms with Crippen LogP contribution in [0.2, 0.25) is 10.0 Å². The molecule has 136 valence electrons. The van der Waals surface area contributed by atoms with Crippen molar-refractivity contribution >= 4 is 56.4 Å². The molecule has 27 heavy (non-hydrogen) atoms. The lowest BCUT2D eigenvalue weighted by Gasteiger charge is -2.15. The molecule has 6 nitrogen and oxygen atoms in total. The Morgan fingerprint density at radius 3 is 2.63 bits per heavy atom. The summed E-state index contributed by atoms with van der Waals surface area (Å²) in [5, 5.41) is 15.3. The number of nitrogens with zero attached hydrogens (tertiary/aromatic N) is 2. The molecule has 0 aliphatic carbocycles. The molecule has 0 aliphatic rings. The molecule has 0 radical (unpaired) electrons. The molecule has 3 heterocycles. The van der Waals surface area contributed by atoms with E-state index in [0.717, 1.165) is 0 Å². The van der Waals surface area contributed by atoms with E-state index in [1.807, 2.05) is 0 Å². The molecule has 0 unspecified atom stereocenters. The minimum absolute atomic E-state index is 0.238. The zero-order valence-electron chi connectivity index (χ0n) is 14.1. The monoisotopic (exact) mass is 400 g/mol. The van der Waals surface area contributed by atoms with Crippen LogP contribution in [-0.2, 0) is 0 Å². The Morgan fingerprint density at radius 2 is 1.93 bits per heavy atom. The van der Waals surface area contributed by atoms with Crippen molar-refractivity contribution < 1.29 is 5.11 Å². The van der Waals surface area contributed by atoms with Gasteiger partial charge in [0.05, 0.1) is 32.7 Å². The Kier molecular flexibility index (Phi) is 4.47. The summed E-state index contributed by atoms with van der Waals surface area (Å²) in [6.07, 6.45) is 4.08. The average Bonchev–Trinajstić information content (AvgIpc) is 2.64. The smallest absolute Gasteiger partial charge is 0.256 e. The SMILES string of the molecule is C[C@@H](O)c1cc(Cl)c(Nc2nc3ccncc3c3c(=O)[nH]ccc23)c(Cl)c1. The number of halogens is 2. The molecule has 1 atom stereocenters. The third kappa shape index (κ3) is 3.12. The highest BCUT2D eigenvalue weighted by atomic mass is 35.5. The van der Waals surface area contributed by atoms with E-state index in [1.54, 1.807) is 49.8 Å². The van der Waals surface area contributed by atoms with Crippen molar-refractivity contribution in [2.75, 3.05) is 5.32 Å². The molecule has 0 spiro atoms. The molecule has 3 aromatic heterocycles. The fourth-order valence-corrected chi connectivity index (χ4v) is 3.57. The van der Waals surface area contributed by atoms with Crippen LogP contribution in [0, 0.1) is 0 Å². The first-order chi connectivity index (χ1) is 13.0. The van der Waals surface area contributed by atoms with Crippen LogP contribution in [0.3, 0.4) is 0 Å². The number of hydrogen-bond donors (Lipinski definition) is 3. The van der Waals surface area contributed by atoms with Gasteiger partial charge in [-0.25, -0.2) is 4.98 Å². The number of aliphatic hydroxyl groups excluding tert-OH is 1. The topological polar surface area (TPSA) is 90.9 Å². The number of nitrogens with one attached hydrogen (secondary N) is 2. The predicted molar refractivity (Wildman–Crippen MR) is 108 cm³/mol. The second kappa shape index (κ2) is 6.81. The molecule has 0 amide bonds. The van der Waals surface area contributed by atoms with Gasteiger partial charge in [0, 0.05) is 29.4 Å². The number of aliphatic hydroxyl groups is 1. The highest BCUT2D eigenvalue weighted by molar-refractivity contribution is 6.39.